The summed E-state index contributed by atoms with van der Waals surface area (Å²) < 4.78 is 5.40. The highest BCUT2D eigenvalue weighted by molar-refractivity contribution is 6.06. The summed E-state index contributed by atoms with van der Waals surface area (Å²) in [5, 5.41) is 40.1. The Labute approximate surface area is 129 Å². The van der Waals surface area contributed by atoms with Gasteiger partial charge in [-0.2, -0.15) is 0 Å². The summed E-state index contributed by atoms with van der Waals surface area (Å²) in [5.41, 5.74) is 0.797. The summed E-state index contributed by atoms with van der Waals surface area (Å²) in [4.78, 5) is 11.5. The van der Waals surface area contributed by atoms with Crippen molar-refractivity contribution in [3.8, 4) is 11.5 Å². The molecule has 1 unspecified atom stereocenters. The number of allylic oxidation sites excluding steroid dienone is 2. The van der Waals surface area contributed by atoms with Crippen molar-refractivity contribution in [3.63, 3.8) is 0 Å². The van der Waals surface area contributed by atoms with E-state index in [1.54, 1.807) is 0 Å². The second kappa shape index (κ2) is 3.92. The number of phenolic OH excluding ortho intramolecular Hbond substituents is 2. The van der Waals surface area contributed by atoms with Gasteiger partial charge in [-0.1, -0.05) is 0 Å². The van der Waals surface area contributed by atoms with Crippen molar-refractivity contribution >= 4 is 11.4 Å². The van der Waals surface area contributed by atoms with Gasteiger partial charge >= 0.3 is 0 Å². The first-order valence-corrected chi connectivity index (χ1v) is 6.72. The number of aliphatic hydroxyl groups excluding tert-OH is 1. The number of benzene rings is 1. The van der Waals surface area contributed by atoms with Crippen LogP contribution in [0.5, 0.6) is 11.5 Å². The molecule has 0 radical (unpaired) electrons. The standard InChI is InChI=1S/C16H12O6.3H2/c17-10-2-1-8-13-9-4-12(19)11(18)3-7(9)5-16(13,21)6-22-15(8)14(10)20;;;/h1-4,18-21H,5-6H2;3*1H. The highest BCUT2D eigenvalue weighted by Crippen LogP contribution is 2.50. The molecule has 1 aromatic rings. The fourth-order valence-electron chi connectivity index (χ4n) is 3.26. The quantitative estimate of drug-likeness (QED) is 0.545. The Morgan fingerprint density at radius 3 is 2.64 bits per heavy atom. The maximum Gasteiger partial charge on any atom is 0.224 e. The van der Waals surface area contributed by atoms with Crippen LogP contribution in [0.3, 0.4) is 0 Å². The highest BCUT2D eigenvalue weighted by Gasteiger charge is 2.47. The van der Waals surface area contributed by atoms with Crippen molar-refractivity contribution < 1.29 is 34.2 Å². The van der Waals surface area contributed by atoms with Crippen molar-refractivity contribution in [2.75, 3.05) is 6.61 Å². The summed E-state index contributed by atoms with van der Waals surface area (Å²) in [6, 6.07) is 2.77. The number of hydrogen-bond acceptors (Lipinski definition) is 6. The third kappa shape index (κ3) is 1.50. The molecule has 22 heavy (non-hydrogen) atoms. The Kier molecular flexibility index (Phi) is 2.31. The lowest BCUT2D eigenvalue weighted by Crippen LogP contribution is -2.39. The fourth-order valence-corrected chi connectivity index (χ4v) is 3.26. The smallest absolute Gasteiger partial charge is 0.224 e. The van der Waals surface area contributed by atoms with Gasteiger partial charge in [0.1, 0.15) is 12.2 Å². The van der Waals surface area contributed by atoms with Crippen molar-refractivity contribution in [1.82, 2.24) is 0 Å². The van der Waals surface area contributed by atoms with Crippen LogP contribution in [0.4, 0.5) is 0 Å². The minimum Gasteiger partial charge on any atom is -0.504 e. The van der Waals surface area contributed by atoms with Crippen LogP contribution in [0.25, 0.3) is 5.57 Å². The lowest BCUT2D eigenvalue weighted by molar-refractivity contribution is -0.114. The van der Waals surface area contributed by atoms with Gasteiger partial charge in [0.2, 0.25) is 11.5 Å². The van der Waals surface area contributed by atoms with E-state index in [1.807, 2.05) is 0 Å². The molecule has 1 aromatic carbocycles. The molecule has 2 aliphatic carbocycles. The fraction of sp³-hybridized carbons (Fsp3) is 0.188. The number of aliphatic hydroxyl groups is 2. The van der Waals surface area contributed by atoms with Crippen LogP contribution in [-0.4, -0.2) is 38.4 Å². The largest absolute Gasteiger partial charge is 0.504 e. The number of ketones is 1. The summed E-state index contributed by atoms with van der Waals surface area (Å²) in [6.45, 7) is -0.122. The molecule has 0 bridgehead atoms. The maximum absolute atomic E-state index is 11.5. The average molecular weight is 306 g/mol. The predicted octanol–water partition coefficient (Wildman–Crippen LogP) is 1.82. The Hall–Kier alpha value is -2.73. The molecular formula is C16H18O6. The summed E-state index contributed by atoms with van der Waals surface area (Å²) in [5.74, 6) is -1.58. The van der Waals surface area contributed by atoms with E-state index in [4.69, 9.17) is 4.74 Å². The Balaban J connectivity index is 0.00000104. The average Bonchev–Trinajstić information content (AvgIpc) is 2.75. The van der Waals surface area contributed by atoms with E-state index in [0.717, 1.165) is 0 Å². The van der Waals surface area contributed by atoms with E-state index in [9.17, 15) is 25.2 Å². The number of ether oxygens (including phenoxy) is 1. The molecule has 1 atom stereocenters. The number of hydrogen-bond donors (Lipinski definition) is 4. The molecule has 6 heteroatoms. The van der Waals surface area contributed by atoms with Gasteiger partial charge in [-0.15, -0.1) is 0 Å². The molecule has 4 rings (SSSR count). The van der Waals surface area contributed by atoms with E-state index < -0.39 is 17.1 Å². The zero-order valence-electron chi connectivity index (χ0n) is 11.3. The minimum absolute atomic E-state index is 0. The first-order valence-electron chi connectivity index (χ1n) is 6.72. The molecule has 6 nitrogen and oxygen atoms in total. The molecule has 0 amide bonds. The molecule has 1 aliphatic heterocycles. The molecule has 0 saturated carbocycles. The first kappa shape index (κ1) is 13.0. The van der Waals surface area contributed by atoms with Crippen LogP contribution in [0.1, 0.15) is 15.4 Å². The van der Waals surface area contributed by atoms with Crippen LogP contribution in [0.2, 0.25) is 0 Å². The molecule has 118 valence electrons. The monoisotopic (exact) mass is 306 g/mol. The number of carbonyl (C=O) groups excluding carboxylic acids is 1. The summed E-state index contributed by atoms with van der Waals surface area (Å²) in [6.07, 6.45) is 2.90. The SMILES string of the molecule is O=C1C=CC2=C3c4cc(O)c(O)cc4CC3(O)COC2=C1O.[HH].[HH].[HH]. The van der Waals surface area contributed by atoms with Crippen LogP contribution >= 0.6 is 0 Å². The Bertz CT molecular complexity index is 843. The van der Waals surface area contributed by atoms with Gasteiger partial charge in [0.15, 0.2) is 17.3 Å². The summed E-state index contributed by atoms with van der Waals surface area (Å²) in [7, 11) is 0. The Morgan fingerprint density at radius 1 is 1.14 bits per heavy atom. The number of phenols is 2. The lowest BCUT2D eigenvalue weighted by Gasteiger charge is -2.33. The zero-order valence-corrected chi connectivity index (χ0v) is 11.3. The van der Waals surface area contributed by atoms with E-state index in [2.05, 4.69) is 0 Å². The van der Waals surface area contributed by atoms with Gasteiger partial charge in [0, 0.05) is 21.8 Å². The molecule has 0 saturated heterocycles. The van der Waals surface area contributed by atoms with Crippen LogP contribution in [0, 0.1) is 0 Å². The zero-order chi connectivity index (χ0) is 15.6. The van der Waals surface area contributed by atoms with Crippen LogP contribution in [-0.2, 0) is 16.0 Å². The van der Waals surface area contributed by atoms with Gasteiger partial charge in [-0.05, 0) is 35.4 Å². The molecule has 3 aliphatic rings. The maximum atomic E-state index is 11.5. The molecule has 4 N–H and O–H groups in total. The van der Waals surface area contributed by atoms with Crippen molar-refractivity contribution in [3.05, 3.63) is 52.5 Å². The lowest BCUT2D eigenvalue weighted by atomic mass is 9.85. The van der Waals surface area contributed by atoms with E-state index >= 15 is 0 Å². The Morgan fingerprint density at radius 2 is 1.86 bits per heavy atom. The normalized spacial score (nSPS) is 25.8. The van der Waals surface area contributed by atoms with Crippen molar-refractivity contribution in [2.24, 2.45) is 0 Å². The molecule has 0 spiro atoms. The molecular weight excluding hydrogens is 288 g/mol. The van der Waals surface area contributed by atoms with Crippen molar-refractivity contribution in [2.45, 2.75) is 12.0 Å². The van der Waals surface area contributed by atoms with Gasteiger partial charge in [-0.3, -0.25) is 4.79 Å². The van der Waals surface area contributed by atoms with Gasteiger partial charge in [0.05, 0.1) is 0 Å². The van der Waals surface area contributed by atoms with Gasteiger partial charge in [0.25, 0.3) is 0 Å². The molecule has 0 aromatic heterocycles. The third-order valence-electron chi connectivity index (χ3n) is 4.24. The molecule has 0 fully saturated rings. The van der Waals surface area contributed by atoms with E-state index in [1.165, 1.54) is 24.3 Å². The van der Waals surface area contributed by atoms with E-state index in [0.29, 0.717) is 22.3 Å². The molecule has 1 heterocycles. The third-order valence-corrected chi connectivity index (χ3v) is 4.24. The highest BCUT2D eigenvalue weighted by atomic mass is 16.5. The first-order chi connectivity index (χ1) is 10.4. The number of fused-ring (bicyclic) bond motifs is 4. The minimum atomic E-state index is -1.33. The van der Waals surface area contributed by atoms with Crippen LogP contribution < -0.4 is 0 Å². The number of rotatable bonds is 0. The number of aromatic hydroxyl groups is 2. The van der Waals surface area contributed by atoms with Crippen molar-refractivity contribution in [1.29, 1.82) is 0 Å². The van der Waals surface area contributed by atoms with Crippen LogP contribution in [0.15, 0.2) is 41.4 Å². The number of carbonyl (C=O) groups is 1. The summed E-state index contributed by atoms with van der Waals surface area (Å²) >= 11 is 0. The second-order valence-corrected chi connectivity index (χ2v) is 5.66. The van der Waals surface area contributed by atoms with E-state index in [-0.39, 0.29) is 34.6 Å². The van der Waals surface area contributed by atoms with Gasteiger partial charge in [-0.25, -0.2) is 0 Å². The second-order valence-electron chi connectivity index (χ2n) is 5.66. The predicted molar refractivity (Wildman–Crippen MR) is 81.4 cm³/mol. The van der Waals surface area contributed by atoms with Gasteiger partial charge < -0.3 is 25.2 Å². The topological polar surface area (TPSA) is 107 Å².